The lowest BCUT2D eigenvalue weighted by Crippen LogP contribution is -2.31. The summed E-state index contributed by atoms with van der Waals surface area (Å²) in [6, 6.07) is 3.80. The molecule has 0 aliphatic carbocycles. The van der Waals surface area contributed by atoms with Crippen LogP contribution >= 0.6 is 0 Å². The Balaban J connectivity index is 2.01. The van der Waals surface area contributed by atoms with Gasteiger partial charge >= 0.3 is 6.18 Å². The summed E-state index contributed by atoms with van der Waals surface area (Å²) < 4.78 is 61.4. The van der Waals surface area contributed by atoms with Crippen LogP contribution in [-0.4, -0.2) is 19.4 Å². The van der Waals surface area contributed by atoms with Gasteiger partial charge < -0.3 is 9.47 Å². The third kappa shape index (κ3) is 5.22. The minimum Gasteiger partial charge on any atom is -0.348 e. The predicted octanol–water partition coefficient (Wildman–Crippen LogP) is 4.84. The van der Waals surface area contributed by atoms with Crippen LogP contribution in [-0.2, 0) is 9.47 Å². The molecule has 1 heterocycles. The summed E-state index contributed by atoms with van der Waals surface area (Å²) >= 11 is 0. The monoisotopic (exact) mass is 344 g/mol. The maximum atomic E-state index is 13.9. The average molecular weight is 344 g/mol. The van der Waals surface area contributed by atoms with Gasteiger partial charge in [0, 0.05) is 17.4 Å². The Kier molecular flexibility index (Phi) is 6.25. The maximum absolute atomic E-state index is 13.9. The van der Waals surface area contributed by atoms with Gasteiger partial charge in [0.25, 0.3) is 0 Å². The first kappa shape index (κ1) is 18.8. The fourth-order valence-corrected chi connectivity index (χ4v) is 2.65. The molecule has 1 aromatic carbocycles. The molecule has 0 bridgehead atoms. The van der Waals surface area contributed by atoms with E-state index in [1.165, 1.54) is 12.1 Å². The van der Waals surface area contributed by atoms with Gasteiger partial charge in [0.05, 0.1) is 18.8 Å². The zero-order valence-corrected chi connectivity index (χ0v) is 13.6. The second kappa shape index (κ2) is 8.00. The molecule has 0 spiro atoms. The molecular formula is C18H20F4O2. The van der Waals surface area contributed by atoms with E-state index in [4.69, 9.17) is 9.47 Å². The third-order valence-corrected chi connectivity index (χ3v) is 4.08. The molecule has 1 unspecified atom stereocenters. The fourth-order valence-electron chi connectivity index (χ4n) is 2.65. The van der Waals surface area contributed by atoms with E-state index in [9.17, 15) is 17.6 Å². The van der Waals surface area contributed by atoms with Gasteiger partial charge in [-0.3, -0.25) is 0 Å². The van der Waals surface area contributed by atoms with Crippen molar-refractivity contribution in [2.24, 2.45) is 11.8 Å². The zero-order valence-electron chi connectivity index (χ0n) is 13.6. The van der Waals surface area contributed by atoms with Gasteiger partial charge in [-0.15, -0.1) is 0 Å². The van der Waals surface area contributed by atoms with E-state index in [0.717, 1.165) is 24.8 Å². The second-order valence-corrected chi connectivity index (χ2v) is 6.01. The Hall–Kier alpha value is -1.58. The van der Waals surface area contributed by atoms with Crippen molar-refractivity contribution in [1.82, 2.24) is 0 Å². The van der Waals surface area contributed by atoms with Crippen LogP contribution in [0.4, 0.5) is 17.6 Å². The second-order valence-electron chi connectivity index (χ2n) is 6.01. The van der Waals surface area contributed by atoms with Crippen molar-refractivity contribution in [3.8, 4) is 11.8 Å². The van der Waals surface area contributed by atoms with Crippen LogP contribution in [0.15, 0.2) is 18.2 Å². The molecule has 1 saturated heterocycles. The Bertz CT molecular complexity index is 608. The Morgan fingerprint density at radius 3 is 2.46 bits per heavy atom. The highest BCUT2D eigenvalue weighted by atomic mass is 19.4. The molecule has 1 atom stereocenters. The molecule has 2 nitrogen and oxygen atoms in total. The molecule has 0 saturated carbocycles. The molecule has 0 radical (unpaired) electrons. The summed E-state index contributed by atoms with van der Waals surface area (Å²) in [6.07, 6.45) is -3.17. The van der Waals surface area contributed by atoms with Gasteiger partial charge in [0.15, 0.2) is 6.29 Å². The Morgan fingerprint density at radius 2 is 1.92 bits per heavy atom. The number of benzene rings is 1. The SMILES string of the molecule is CCCC(C)C1COC(c2ccc(C#CC(F)(F)F)c(F)c2)OC1. The van der Waals surface area contributed by atoms with Crippen LogP contribution in [0, 0.1) is 29.5 Å². The summed E-state index contributed by atoms with van der Waals surface area (Å²) in [4.78, 5) is 0. The van der Waals surface area contributed by atoms with Crippen molar-refractivity contribution in [2.75, 3.05) is 13.2 Å². The van der Waals surface area contributed by atoms with Crippen molar-refractivity contribution in [2.45, 2.75) is 39.2 Å². The topological polar surface area (TPSA) is 18.5 Å². The minimum atomic E-state index is -4.65. The molecule has 6 heteroatoms. The normalized spacial score (nSPS) is 22.6. The number of alkyl halides is 3. The molecule has 24 heavy (non-hydrogen) atoms. The van der Waals surface area contributed by atoms with Crippen LogP contribution in [0.5, 0.6) is 0 Å². The smallest absolute Gasteiger partial charge is 0.348 e. The molecule has 1 aliphatic rings. The number of rotatable bonds is 4. The number of hydrogen-bond donors (Lipinski definition) is 0. The maximum Gasteiger partial charge on any atom is 0.458 e. The van der Waals surface area contributed by atoms with Gasteiger partial charge in [0.2, 0.25) is 0 Å². The lowest BCUT2D eigenvalue weighted by Gasteiger charge is -2.32. The number of ether oxygens (including phenoxy) is 2. The van der Waals surface area contributed by atoms with Crippen LogP contribution in [0.25, 0.3) is 0 Å². The lowest BCUT2D eigenvalue weighted by atomic mass is 9.91. The summed E-state index contributed by atoms with van der Waals surface area (Å²) in [5.74, 6) is 2.80. The predicted molar refractivity (Wildman–Crippen MR) is 81.5 cm³/mol. The molecule has 132 valence electrons. The van der Waals surface area contributed by atoms with Crippen LogP contribution < -0.4 is 0 Å². The van der Waals surface area contributed by atoms with E-state index in [2.05, 4.69) is 13.8 Å². The summed E-state index contributed by atoms with van der Waals surface area (Å²) in [6.45, 7) is 5.30. The average Bonchev–Trinajstić information content (AvgIpc) is 2.53. The van der Waals surface area contributed by atoms with Gasteiger partial charge in [-0.2, -0.15) is 13.2 Å². The van der Waals surface area contributed by atoms with E-state index >= 15 is 0 Å². The molecule has 0 amide bonds. The lowest BCUT2D eigenvalue weighted by molar-refractivity contribution is -0.212. The van der Waals surface area contributed by atoms with Crippen molar-refractivity contribution >= 4 is 0 Å². The number of halogens is 4. The standard InChI is InChI=1S/C18H20F4O2/c1-3-4-12(2)15-10-23-17(24-11-15)14-6-5-13(16(19)9-14)7-8-18(20,21)22/h5-6,9,12,15,17H,3-4,10-11H2,1-2H3. The van der Waals surface area contributed by atoms with E-state index in [1.54, 1.807) is 5.92 Å². The third-order valence-electron chi connectivity index (χ3n) is 4.08. The molecule has 2 rings (SSSR count). The van der Waals surface area contributed by atoms with Gasteiger partial charge in [-0.05, 0) is 18.1 Å². The zero-order chi connectivity index (χ0) is 17.7. The fraction of sp³-hybridized carbons (Fsp3) is 0.556. The van der Waals surface area contributed by atoms with E-state index < -0.39 is 18.3 Å². The molecule has 0 N–H and O–H groups in total. The van der Waals surface area contributed by atoms with Crippen molar-refractivity contribution < 1.29 is 27.0 Å². The molecule has 1 aromatic rings. The Morgan fingerprint density at radius 1 is 1.25 bits per heavy atom. The highest BCUT2D eigenvalue weighted by Gasteiger charge is 2.27. The number of hydrogen-bond acceptors (Lipinski definition) is 2. The largest absolute Gasteiger partial charge is 0.458 e. The van der Waals surface area contributed by atoms with Gasteiger partial charge in [0.1, 0.15) is 5.82 Å². The van der Waals surface area contributed by atoms with Gasteiger partial charge in [-0.25, -0.2) is 4.39 Å². The summed E-state index contributed by atoms with van der Waals surface area (Å²) in [5, 5.41) is 0. The highest BCUT2D eigenvalue weighted by Crippen LogP contribution is 2.30. The van der Waals surface area contributed by atoms with Crippen molar-refractivity contribution in [1.29, 1.82) is 0 Å². The van der Waals surface area contributed by atoms with Crippen LogP contribution in [0.2, 0.25) is 0 Å². The summed E-state index contributed by atoms with van der Waals surface area (Å²) in [5.41, 5.74) is 0.132. The summed E-state index contributed by atoms with van der Waals surface area (Å²) in [7, 11) is 0. The Labute approximate surface area is 139 Å². The quantitative estimate of drug-likeness (QED) is 0.575. The molecule has 1 aliphatic heterocycles. The van der Waals surface area contributed by atoms with Gasteiger partial charge in [-0.1, -0.05) is 38.7 Å². The first-order chi connectivity index (χ1) is 11.3. The molecular weight excluding hydrogens is 324 g/mol. The molecule has 1 fully saturated rings. The van der Waals surface area contributed by atoms with Crippen molar-refractivity contribution in [3.63, 3.8) is 0 Å². The van der Waals surface area contributed by atoms with Crippen LogP contribution in [0.3, 0.4) is 0 Å². The van der Waals surface area contributed by atoms with Crippen molar-refractivity contribution in [3.05, 3.63) is 35.1 Å². The van der Waals surface area contributed by atoms with E-state index in [-0.39, 0.29) is 5.56 Å². The van der Waals surface area contributed by atoms with Crippen LogP contribution in [0.1, 0.15) is 44.1 Å². The molecule has 0 aromatic heterocycles. The van der Waals surface area contributed by atoms with E-state index in [0.29, 0.717) is 30.6 Å². The minimum absolute atomic E-state index is 0.294. The highest BCUT2D eigenvalue weighted by molar-refractivity contribution is 5.38. The first-order valence-corrected chi connectivity index (χ1v) is 7.92. The first-order valence-electron chi connectivity index (χ1n) is 7.92. The van der Waals surface area contributed by atoms with E-state index in [1.807, 2.05) is 0 Å².